The van der Waals surface area contributed by atoms with Crippen LogP contribution in [0.15, 0.2) is 14.8 Å². The van der Waals surface area contributed by atoms with Gasteiger partial charge in [-0.05, 0) is 0 Å². The van der Waals surface area contributed by atoms with E-state index in [1.54, 1.807) is 45.2 Å². The molecule has 0 heterocycles. The van der Waals surface area contributed by atoms with Gasteiger partial charge in [0.2, 0.25) is 0 Å². The number of hydrogen-bond donors (Lipinski definition) is 0. The van der Waals surface area contributed by atoms with Crippen LogP contribution in [0.1, 0.15) is 0 Å². The van der Waals surface area contributed by atoms with Crippen molar-refractivity contribution in [3.05, 3.63) is 14.8 Å². The summed E-state index contributed by atoms with van der Waals surface area (Å²) in [5.41, 5.74) is 0. The minimum absolute atomic E-state index is 0.205. The summed E-state index contributed by atoms with van der Waals surface area (Å²) in [4.78, 5) is 0. The average Bonchev–Trinajstić information content (AvgIpc) is 1.63. The monoisotopic (exact) mass is 544 g/mol. The van der Waals surface area contributed by atoms with E-state index in [4.69, 9.17) is 0 Å². The molecule has 48 valence electrons. The van der Waals surface area contributed by atoms with E-state index < -0.39 is 24.6 Å². The van der Waals surface area contributed by atoms with Crippen molar-refractivity contribution in [1.29, 1.82) is 0 Å². The van der Waals surface area contributed by atoms with E-state index in [0.717, 1.165) is 0 Å². The summed E-state index contributed by atoms with van der Waals surface area (Å²) in [6.45, 7) is 0. The van der Waals surface area contributed by atoms with Crippen LogP contribution in [0.2, 0.25) is 0 Å². The van der Waals surface area contributed by atoms with Crippen molar-refractivity contribution in [2.75, 3.05) is 0 Å². The van der Waals surface area contributed by atoms with Crippen LogP contribution in [0.25, 0.3) is 0 Å². The molecule has 0 unspecified atom stereocenters. The predicted molar refractivity (Wildman–Crippen MR) is 46.4 cm³/mol. The van der Waals surface area contributed by atoms with Gasteiger partial charge < -0.3 is 0 Å². The summed E-state index contributed by atoms with van der Waals surface area (Å²) < 4.78 is 26.4. The fourth-order valence-electron chi connectivity index (χ4n) is 0.237. The normalized spacial score (nSPS) is 13.3. The minimum atomic E-state index is -1.43. The zero-order valence-electron chi connectivity index (χ0n) is 4.37. The third-order valence-corrected chi connectivity index (χ3v) is 12.5. The first-order valence-corrected chi connectivity index (χ1v) is 10.7. The Kier molecular flexibility index (Phi) is 7.69. The van der Waals surface area contributed by atoms with E-state index in [2.05, 4.69) is 0 Å². The van der Waals surface area contributed by atoms with Gasteiger partial charge in [0.1, 0.15) is 0 Å². The zero-order chi connectivity index (χ0) is 7.28. The quantitative estimate of drug-likeness (QED) is 0.371. The number of halogens is 4. The van der Waals surface area contributed by atoms with Crippen molar-refractivity contribution in [3.8, 4) is 0 Å². The maximum atomic E-state index is 11.9. The second-order valence-corrected chi connectivity index (χ2v) is 8.29. The third kappa shape index (κ3) is 9.74. The van der Waals surface area contributed by atoms with E-state index >= 15 is 0 Å². The second kappa shape index (κ2) is 6.45. The van der Waals surface area contributed by atoms with Crippen molar-refractivity contribution < 1.29 is 33.4 Å². The molecular formula is C4H2F2HgI2. The molecule has 0 N–H and O–H groups in total. The van der Waals surface area contributed by atoms with Gasteiger partial charge in [0.15, 0.2) is 0 Å². The molecule has 9 heavy (non-hydrogen) atoms. The molecule has 0 aromatic carbocycles. The van der Waals surface area contributed by atoms with Gasteiger partial charge >= 0.3 is 93.4 Å². The van der Waals surface area contributed by atoms with Crippen molar-refractivity contribution in [2.45, 2.75) is 0 Å². The van der Waals surface area contributed by atoms with Gasteiger partial charge in [-0.15, -0.1) is 0 Å². The van der Waals surface area contributed by atoms with Crippen LogP contribution in [0.3, 0.4) is 0 Å². The molecule has 0 spiro atoms. The predicted octanol–water partition coefficient (Wildman–Crippen LogP) is 3.48. The topological polar surface area (TPSA) is 0 Å². The Bertz CT molecular complexity index is 120. The van der Waals surface area contributed by atoms with Crippen LogP contribution in [0, 0.1) is 0 Å². The van der Waals surface area contributed by atoms with Crippen molar-refractivity contribution >= 4 is 45.2 Å². The van der Waals surface area contributed by atoms with Crippen molar-refractivity contribution in [1.82, 2.24) is 0 Å². The van der Waals surface area contributed by atoms with Gasteiger partial charge in [-0.2, -0.15) is 0 Å². The van der Waals surface area contributed by atoms with Gasteiger partial charge in [0, 0.05) is 0 Å². The van der Waals surface area contributed by atoms with Gasteiger partial charge in [0.05, 0.1) is 0 Å². The van der Waals surface area contributed by atoms with Gasteiger partial charge in [-0.1, -0.05) is 0 Å². The second-order valence-electron chi connectivity index (χ2n) is 1.22. The number of hydrogen-bond acceptors (Lipinski definition) is 0. The summed E-state index contributed by atoms with van der Waals surface area (Å²) in [5, 5.41) is 0. The molecule has 0 atom stereocenters. The molecule has 0 bridgehead atoms. The maximum absolute atomic E-state index is 11.9. The van der Waals surface area contributed by atoms with Crippen LogP contribution >= 0.6 is 45.2 Å². The van der Waals surface area contributed by atoms with Gasteiger partial charge in [-0.25, -0.2) is 0 Å². The summed E-state index contributed by atoms with van der Waals surface area (Å²) in [7, 11) is 0. The standard InChI is InChI=1S/2C2HFI.Hg/c2*1-2(3)4;/h2*1H;. The third-order valence-electron chi connectivity index (χ3n) is 0.544. The van der Waals surface area contributed by atoms with E-state index in [0.29, 0.717) is 0 Å². The van der Waals surface area contributed by atoms with E-state index in [1.165, 1.54) is 7.17 Å². The molecular weight excluding hydrogens is 540 g/mol. The Hall–Kier alpha value is 1.74. The van der Waals surface area contributed by atoms with Crippen LogP contribution in [-0.4, -0.2) is 0 Å². The van der Waals surface area contributed by atoms with E-state index in [9.17, 15) is 8.78 Å². The molecule has 0 rings (SSSR count). The van der Waals surface area contributed by atoms with Crippen LogP contribution in [-0.2, 0) is 24.6 Å². The molecule has 0 aromatic heterocycles. The Labute approximate surface area is 91.9 Å². The summed E-state index contributed by atoms with van der Waals surface area (Å²) in [6.07, 6.45) is 0. The fourth-order valence-corrected chi connectivity index (χ4v) is 6.54. The molecule has 0 saturated carbocycles. The SMILES string of the molecule is F/C(I)=[CH]/[Hg]/[CH]=C(/F)I. The van der Waals surface area contributed by atoms with Crippen molar-refractivity contribution in [2.24, 2.45) is 0 Å². The van der Waals surface area contributed by atoms with Crippen LogP contribution in [0.5, 0.6) is 0 Å². The zero-order valence-corrected chi connectivity index (χ0v) is 14.2. The summed E-state index contributed by atoms with van der Waals surface area (Å²) >= 11 is 1.74. The molecule has 0 fully saturated rings. The first kappa shape index (κ1) is 10.7. The van der Waals surface area contributed by atoms with E-state index in [1.807, 2.05) is 0 Å². The molecule has 0 aliphatic heterocycles. The van der Waals surface area contributed by atoms with E-state index in [-0.39, 0.29) is 7.67 Å². The Morgan fingerprint density at radius 3 is 1.67 bits per heavy atom. The molecule has 0 radical (unpaired) electrons. The van der Waals surface area contributed by atoms with Crippen LogP contribution in [0.4, 0.5) is 8.78 Å². The molecule has 5 heteroatoms. The summed E-state index contributed by atoms with van der Waals surface area (Å²) in [6, 6.07) is 0. The van der Waals surface area contributed by atoms with Gasteiger partial charge in [-0.3, -0.25) is 0 Å². The summed E-state index contributed by atoms with van der Waals surface area (Å²) in [5.74, 6) is 0. The molecule has 0 saturated heterocycles. The Morgan fingerprint density at radius 2 is 1.44 bits per heavy atom. The molecule has 0 aliphatic rings. The van der Waals surface area contributed by atoms with Gasteiger partial charge in [0.25, 0.3) is 0 Å². The van der Waals surface area contributed by atoms with Crippen LogP contribution < -0.4 is 0 Å². The molecule has 0 nitrogen and oxygen atoms in total. The fraction of sp³-hybridized carbons (Fsp3) is 0. The number of rotatable bonds is 2. The van der Waals surface area contributed by atoms with Crippen molar-refractivity contribution in [3.63, 3.8) is 0 Å². The Morgan fingerprint density at radius 1 is 1.11 bits per heavy atom. The average molecular weight is 542 g/mol. The first-order chi connectivity index (χ1) is 4.13. The molecule has 0 amide bonds. The first-order valence-electron chi connectivity index (χ1n) is 2.15. The Balaban J connectivity index is 3.53. The molecule has 0 aromatic rings. The molecule has 0 aliphatic carbocycles.